The Bertz CT molecular complexity index is 814. The number of amides is 1. The third kappa shape index (κ3) is 5.36. The first-order valence-electron chi connectivity index (χ1n) is 9.55. The number of rotatable bonds is 8. The number of nitrogens with zero attached hydrogens (tertiary/aromatic N) is 1. The number of halogens is 1. The minimum atomic E-state index is -1.04. The van der Waals surface area contributed by atoms with Crippen LogP contribution in [0.2, 0.25) is 4.34 Å². The molecule has 3 rings (SSSR count). The second kappa shape index (κ2) is 10.7. The molecule has 2 aromatic rings. The first kappa shape index (κ1) is 23.3. The Kier molecular flexibility index (Phi) is 8.64. The predicted octanol–water partition coefficient (Wildman–Crippen LogP) is 4.16. The molecule has 1 amide bonds. The lowest BCUT2D eigenvalue weighted by molar-refractivity contribution is -0.194. The molecule has 0 bridgehead atoms. The van der Waals surface area contributed by atoms with E-state index in [1.807, 2.05) is 57.2 Å². The van der Waals surface area contributed by atoms with E-state index in [-0.39, 0.29) is 11.9 Å². The van der Waals surface area contributed by atoms with Gasteiger partial charge in [-0.1, -0.05) is 55.8 Å². The molecule has 1 fully saturated rings. The topological polar surface area (TPSA) is 78.9 Å². The second-order valence-electron chi connectivity index (χ2n) is 6.43. The van der Waals surface area contributed by atoms with Crippen molar-refractivity contribution in [3.05, 3.63) is 57.2 Å². The summed E-state index contributed by atoms with van der Waals surface area (Å²) in [5.41, 5.74) is 1.02. The highest BCUT2D eigenvalue weighted by Gasteiger charge is 2.54. The molecule has 1 saturated heterocycles. The molecule has 4 atom stereocenters. The largest absolute Gasteiger partial charge is 0.480 e. The summed E-state index contributed by atoms with van der Waals surface area (Å²) in [5, 5.41) is 12.9. The number of ether oxygens (including phenoxy) is 1. The molecule has 6 nitrogen and oxygen atoms in total. The first-order valence-corrected chi connectivity index (χ1v) is 10.7. The number of hydrogen-bond acceptors (Lipinski definition) is 5. The number of carbonyl (C=O) groups is 2. The van der Waals surface area contributed by atoms with Gasteiger partial charge >= 0.3 is 5.97 Å². The summed E-state index contributed by atoms with van der Waals surface area (Å²) in [6, 6.07) is 12.2. The summed E-state index contributed by atoms with van der Waals surface area (Å²) in [6.07, 6.45) is -0.467. The van der Waals surface area contributed by atoms with Gasteiger partial charge in [0, 0.05) is 18.0 Å². The average Bonchev–Trinajstić information content (AvgIpc) is 3.15. The van der Waals surface area contributed by atoms with Crippen molar-refractivity contribution in [2.24, 2.45) is 5.92 Å². The lowest BCUT2D eigenvalue weighted by Gasteiger charge is -2.48. The van der Waals surface area contributed by atoms with Gasteiger partial charge < -0.3 is 9.84 Å². The van der Waals surface area contributed by atoms with E-state index in [9.17, 15) is 14.7 Å². The van der Waals surface area contributed by atoms with Gasteiger partial charge in [0.15, 0.2) is 6.35 Å². The molecular weight excluding hydrogens is 412 g/mol. The highest BCUT2D eigenvalue weighted by atomic mass is 35.5. The normalized spacial score (nSPS) is 20.3. The molecule has 0 spiro atoms. The standard InChI is InChI=1S/C19H21ClN2O4S.C2H6/c1-11(12-6-4-3-5-7-12)21-19(26-2)22-16(18(24)25)14(17(22)23)10-13-8-9-15(20)27-13;1-2/h3-9,11,14,16,19,21H,10H2,1-2H3,(H,24,25);1-2H3/t11?,14-,16?,19?;/m1./s1. The Morgan fingerprint density at radius 1 is 1.28 bits per heavy atom. The second-order valence-corrected chi connectivity index (χ2v) is 8.23. The number of methoxy groups -OCH3 is 1. The molecule has 8 heteroatoms. The van der Waals surface area contributed by atoms with Gasteiger partial charge in [0.2, 0.25) is 5.91 Å². The van der Waals surface area contributed by atoms with Crippen molar-refractivity contribution in [2.45, 2.75) is 45.6 Å². The van der Waals surface area contributed by atoms with Gasteiger partial charge in [-0.15, -0.1) is 11.3 Å². The van der Waals surface area contributed by atoms with E-state index >= 15 is 0 Å². The Morgan fingerprint density at radius 2 is 1.93 bits per heavy atom. The molecule has 29 heavy (non-hydrogen) atoms. The van der Waals surface area contributed by atoms with Crippen LogP contribution >= 0.6 is 22.9 Å². The van der Waals surface area contributed by atoms with Crippen LogP contribution < -0.4 is 5.32 Å². The fourth-order valence-corrected chi connectivity index (χ4v) is 4.46. The smallest absolute Gasteiger partial charge is 0.327 e. The minimum Gasteiger partial charge on any atom is -0.480 e. The van der Waals surface area contributed by atoms with E-state index < -0.39 is 24.3 Å². The number of aliphatic carboxylic acids is 1. The third-order valence-electron chi connectivity index (χ3n) is 4.72. The average molecular weight is 439 g/mol. The SMILES string of the molecule is CC.COC(NC(C)c1ccccc1)N1C(=O)[C@H](Cc2ccc(Cl)s2)C1C(=O)O. The van der Waals surface area contributed by atoms with Crippen LogP contribution in [0.15, 0.2) is 42.5 Å². The monoisotopic (exact) mass is 438 g/mol. The predicted molar refractivity (Wildman–Crippen MR) is 115 cm³/mol. The van der Waals surface area contributed by atoms with Crippen molar-refractivity contribution in [1.82, 2.24) is 10.2 Å². The van der Waals surface area contributed by atoms with E-state index in [4.69, 9.17) is 16.3 Å². The zero-order valence-corrected chi connectivity index (χ0v) is 18.5. The van der Waals surface area contributed by atoms with Gasteiger partial charge in [0.1, 0.15) is 6.04 Å². The van der Waals surface area contributed by atoms with Crippen molar-refractivity contribution >= 4 is 34.8 Å². The van der Waals surface area contributed by atoms with Gasteiger partial charge in [-0.3, -0.25) is 15.0 Å². The molecule has 1 aliphatic heterocycles. The summed E-state index contributed by atoms with van der Waals surface area (Å²) >= 11 is 7.29. The number of hydrogen-bond donors (Lipinski definition) is 2. The summed E-state index contributed by atoms with van der Waals surface area (Å²) in [4.78, 5) is 26.7. The number of nitrogens with one attached hydrogen (secondary N) is 1. The van der Waals surface area contributed by atoms with Crippen molar-refractivity contribution < 1.29 is 19.4 Å². The summed E-state index contributed by atoms with van der Waals surface area (Å²) in [6.45, 7) is 5.94. The Hall–Kier alpha value is -1.93. The Labute approximate surface area is 180 Å². The molecule has 1 aromatic carbocycles. The van der Waals surface area contributed by atoms with Gasteiger partial charge in [0.05, 0.1) is 10.3 Å². The van der Waals surface area contributed by atoms with Crippen molar-refractivity contribution in [2.75, 3.05) is 7.11 Å². The van der Waals surface area contributed by atoms with E-state index in [0.717, 1.165) is 10.4 Å². The quantitative estimate of drug-likeness (QED) is 0.478. The Balaban J connectivity index is 0.00000145. The highest BCUT2D eigenvalue weighted by Crippen LogP contribution is 2.35. The zero-order valence-electron chi connectivity index (χ0n) is 17.0. The lowest BCUT2D eigenvalue weighted by Crippen LogP contribution is -2.71. The maximum absolute atomic E-state index is 12.7. The molecule has 0 aliphatic carbocycles. The van der Waals surface area contributed by atoms with Gasteiger partial charge in [-0.25, -0.2) is 4.79 Å². The van der Waals surface area contributed by atoms with E-state index in [1.165, 1.54) is 23.3 Å². The number of carbonyl (C=O) groups excluding carboxylic acids is 1. The fourth-order valence-electron chi connectivity index (χ4n) is 3.32. The molecule has 2 heterocycles. The molecule has 3 unspecified atom stereocenters. The molecule has 158 valence electrons. The molecule has 1 aliphatic rings. The van der Waals surface area contributed by atoms with Crippen molar-refractivity contribution in [1.29, 1.82) is 0 Å². The molecular formula is C21H27ClN2O4S. The summed E-state index contributed by atoms with van der Waals surface area (Å²) in [5.74, 6) is -1.91. The highest BCUT2D eigenvalue weighted by molar-refractivity contribution is 7.16. The number of β-lactam (4-membered cyclic amide) rings is 1. The number of carboxylic acids is 1. The number of likely N-dealkylation sites (tertiary alicyclic amines) is 1. The van der Waals surface area contributed by atoms with Crippen LogP contribution in [0.3, 0.4) is 0 Å². The van der Waals surface area contributed by atoms with E-state index in [1.54, 1.807) is 6.07 Å². The van der Waals surface area contributed by atoms with Crippen molar-refractivity contribution in [3.63, 3.8) is 0 Å². The maximum Gasteiger partial charge on any atom is 0.327 e. The van der Waals surface area contributed by atoms with Crippen LogP contribution in [0.1, 0.15) is 37.3 Å². The van der Waals surface area contributed by atoms with Gasteiger partial charge in [-0.2, -0.15) is 0 Å². The fraction of sp³-hybridized carbons (Fsp3) is 0.429. The molecule has 0 saturated carbocycles. The van der Waals surface area contributed by atoms with Crippen LogP contribution in [0.25, 0.3) is 0 Å². The lowest BCUT2D eigenvalue weighted by atomic mass is 9.84. The summed E-state index contributed by atoms with van der Waals surface area (Å²) in [7, 11) is 1.45. The van der Waals surface area contributed by atoms with Gasteiger partial charge in [0.25, 0.3) is 0 Å². The molecule has 1 aromatic heterocycles. The third-order valence-corrected chi connectivity index (χ3v) is 5.98. The van der Waals surface area contributed by atoms with Crippen molar-refractivity contribution in [3.8, 4) is 0 Å². The summed E-state index contributed by atoms with van der Waals surface area (Å²) < 4.78 is 6.03. The zero-order chi connectivity index (χ0) is 21.6. The van der Waals surface area contributed by atoms with Crippen LogP contribution in [0.4, 0.5) is 0 Å². The maximum atomic E-state index is 12.7. The minimum absolute atomic E-state index is 0.117. The van der Waals surface area contributed by atoms with Crippen LogP contribution in [-0.4, -0.2) is 41.4 Å². The number of benzene rings is 1. The van der Waals surface area contributed by atoms with Crippen LogP contribution in [-0.2, 0) is 20.7 Å². The first-order chi connectivity index (χ1) is 13.9. The van der Waals surface area contributed by atoms with Gasteiger partial charge in [-0.05, 0) is 31.0 Å². The Morgan fingerprint density at radius 3 is 2.45 bits per heavy atom. The van der Waals surface area contributed by atoms with E-state index in [2.05, 4.69) is 5.32 Å². The van der Waals surface area contributed by atoms with Crippen LogP contribution in [0.5, 0.6) is 0 Å². The molecule has 0 radical (unpaired) electrons. The van der Waals surface area contributed by atoms with Crippen LogP contribution in [0, 0.1) is 5.92 Å². The molecule has 2 N–H and O–H groups in total. The number of thiophene rings is 1. The number of carboxylic acid groups (broad SMARTS) is 1. The van der Waals surface area contributed by atoms with E-state index in [0.29, 0.717) is 10.8 Å².